The summed E-state index contributed by atoms with van der Waals surface area (Å²) in [7, 11) is 0. The molecule has 5 rings (SSSR count). The van der Waals surface area contributed by atoms with Crippen LogP contribution in [0.25, 0.3) is 21.5 Å². The van der Waals surface area contributed by atoms with Crippen LogP contribution < -0.4 is 10.6 Å². The summed E-state index contributed by atoms with van der Waals surface area (Å²) in [6.45, 7) is 5.87. The first kappa shape index (κ1) is 28.1. The minimum Gasteiger partial charge on any atom is -0.342 e. The zero-order valence-corrected chi connectivity index (χ0v) is 23.0. The monoisotopic (exact) mass is 529 g/mol. The Morgan fingerprint density at radius 3 is 2.26 bits per heavy atom. The van der Waals surface area contributed by atoms with E-state index in [2.05, 4.69) is 100 Å². The molecule has 1 fully saturated rings. The molecule has 1 aliphatic heterocycles. The summed E-state index contributed by atoms with van der Waals surface area (Å²) in [5, 5.41) is 12.3. The molecule has 4 aromatic rings. The Morgan fingerprint density at radius 2 is 1.45 bits per heavy atom. The fourth-order valence-electron chi connectivity index (χ4n) is 5.50. The first-order valence-electron chi connectivity index (χ1n) is 13.9. The molecule has 0 aromatic heterocycles. The number of hydrogen-bond donors (Lipinski definition) is 2. The number of fused-ring (bicyclic) bond motifs is 2. The van der Waals surface area contributed by atoms with Gasteiger partial charge in [-0.3, -0.25) is 4.79 Å². The topological polar surface area (TPSA) is 44.4 Å². The van der Waals surface area contributed by atoms with Crippen molar-refractivity contribution in [2.24, 2.45) is 5.92 Å². The van der Waals surface area contributed by atoms with Gasteiger partial charge in [-0.2, -0.15) is 0 Å². The lowest BCUT2D eigenvalue weighted by Gasteiger charge is -2.32. The van der Waals surface area contributed by atoms with Gasteiger partial charge in [-0.05, 0) is 90.0 Å². The minimum absolute atomic E-state index is 0. The van der Waals surface area contributed by atoms with E-state index in [0.29, 0.717) is 12.3 Å². The summed E-state index contributed by atoms with van der Waals surface area (Å²) in [5.41, 5.74) is 2.48. The quantitative estimate of drug-likeness (QED) is 0.222. The molecule has 4 nitrogen and oxygen atoms in total. The first-order chi connectivity index (χ1) is 18.3. The summed E-state index contributed by atoms with van der Waals surface area (Å²) < 4.78 is 0. The lowest BCUT2D eigenvalue weighted by Crippen LogP contribution is -2.41. The number of hydrogen-bond acceptors (Lipinski definition) is 3. The van der Waals surface area contributed by atoms with Crippen molar-refractivity contribution in [1.82, 2.24) is 15.5 Å². The number of rotatable bonds is 11. The Hall–Kier alpha value is -2.92. The fourth-order valence-corrected chi connectivity index (χ4v) is 5.50. The zero-order valence-electron chi connectivity index (χ0n) is 22.2. The molecule has 1 amide bonds. The lowest BCUT2D eigenvalue weighted by atomic mass is 9.95. The number of piperidine rings is 1. The second kappa shape index (κ2) is 14.3. The van der Waals surface area contributed by atoms with Gasteiger partial charge in [0, 0.05) is 19.6 Å². The number of benzene rings is 4. The van der Waals surface area contributed by atoms with Crippen molar-refractivity contribution in [3.05, 3.63) is 96.1 Å². The van der Waals surface area contributed by atoms with Gasteiger partial charge in [-0.1, -0.05) is 78.9 Å². The zero-order chi connectivity index (χ0) is 25.3. The molecular formula is C33H40ClN3O. The van der Waals surface area contributed by atoms with Crippen LogP contribution in [0.5, 0.6) is 0 Å². The number of halogens is 1. The number of carbonyl (C=O) groups is 1. The number of amides is 1. The van der Waals surface area contributed by atoms with Crippen molar-refractivity contribution in [2.45, 2.75) is 38.6 Å². The Bertz CT molecular complexity index is 1310. The highest BCUT2D eigenvalue weighted by molar-refractivity contribution is 5.90. The smallest absolute Gasteiger partial charge is 0.227 e. The van der Waals surface area contributed by atoms with Crippen molar-refractivity contribution >= 4 is 39.9 Å². The highest BCUT2D eigenvalue weighted by atomic mass is 35.5. The summed E-state index contributed by atoms with van der Waals surface area (Å²) in [6, 6.07) is 29.9. The van der Waals surface area contributed by atoms with Gasteiger partial charge >= 0.3 is 0 Å². The van der Waals surface area contributed by atoms with Gasteiger partial charge in [0.05, 0.1) is 6.42 Å². The van der Waals surface area contributed by atoms with Gasteiger partial charge in [-0.25, -0.2) is 0 Å². The van der Waals surface area contributed by atoms with E-state index >= 15 is 0 Å². The largest absolute Gasteiger partial charge is 0.342 e. The first-order valence-corrected chi connectivity index (χ1v) is 13.9. The minimum atomic E-state index is 0. The molecule has 0 bridgehead atoms. The summed E-state index contributed by atoms with van der Waals surface area (Å²) in [5.74, 6) is 0.937. The normalized spacial score (nSPS) is 14.1. The number of nitrogens with one attached hydrogen (secondary N) is 2. The van der Waals surface area contributed by atoms with Crippen molar-refractivity contribution in [3.8, 4) is 0 Å². The Morgan fingerprint density at radius 1 is 0.763 bits per heavy atom. The third-order valence-corrected chi connectivity index (χ3v) is 7.72. The summed E-state index contributed by atoms with van der Waals surface area (Å²) in [4.78, 5) is 15.0. The molecule has 1 aliphatic rings. The molecule has 0 saturated carbocycles. The molecule has 1 saturated heterocycles. The van der Waals surface area contributed by atoms with Crippen LogP contribution in [-0.2, 0) is 17.8 Å². The number of nitrogens with zero attached hydrogens (tertiary/aromatic N) is 1. The third kappa shape index (κ3) is 7.57. The Labute approximate surface area is 233 Å². The van der Waals surface area contributed by atoms with Gasteiger partial charge in [0.1, 0.15) is 0 Å². The molecular weight excluding hydrogens is 490 g/mol. The molecule has 4 aromatic carbocycles. The van der Waals surface area contributed by atoms with Gasteiger partial charge < -0.3 is 15.5 Å². The van der Waals surface area contributed by atoms with Gasteiger partial charge in [0.2, 0.25) is 5.91 Å². The predicted octanol–water partition coefficient (Wildman–Crippen LogP) is 6.36. The van der Waals surface area contributed by atoms with Gasteiger partial charge in [0.15, 0.2) is 0 Å². The standard InChI is InChI=1S/C33H39N3O.ClH/c37-33(23-31-12-7-11-29-9-3-4-13-32(29)31)36-20-16-26(17-21-36)24-34-18-5-6-19-35-25-27-14-15-28-8-1-2-10-30(28)22-27;/h1-4,7-15,22,26,34-35H,5-6,16-21,23-25H2;1H. The van der Waals surface area contributed by atoms with Crippen molar-refractivity contribution < 1.29 is 4.79 Å². The predicted molar refractivity (Wildman–Crippen MR) is 162 cm³/mol. The number of unbranched alkanes of at least 4 members (excludes halogenated alkanes) is 1. The van der Waals surface area contributed by atoms with Crippen LogP contribution in [0.15, 0.2) is 84.9 Å². The molecule has 2 N–H and O–H groups in total. The number of likely N-dealkylation sites (tertiary alicyclic amines) is 1. The van der Waals surface area contributed by atoms with E-state index in [-0.39, 0.29) is 18.3 Å². The van der Waals surface area contributed by atoms with Gasteiger partial charge in [-0.15, -0.1) is 12.4 Å². The highest BCUT2D eigenvalue weighted by Gasteiger charge is 2.22. The lowest BCUT2D eigenvalue weighted by molar-refractivity contribution is -0.131. The van der Waals surface area contributed by atoms with E-state index in [1.165, 1.54) is 39.9 Å². The van der Waals surface area contributed by atoms with Crippen LogP contribution in [0.2, 0.25) is 0 Å². The Balaban J connectivity index is 0.00000336. The summed E-state index contributed by atoms with van der Waals surface area (Å²) in [6.07, 6.45) is 5.07. The molecule has 38 heavy (non-hydrogen) atoms. The van der Waals surface area contributed by atoms with E-state index in [9.17, 15) is 4.79 Å². The van der Waals surface area contributed by atoms with E-state index in [1.807, 2.05) is 0 Å². The molecule has 200 valence electrons. The summed E-state index contributed by atoms with van der Waals surface area (Å²) >= 11 is 0. The second-order valence-corrected chi connectivity index (χ2v) is 10.4. The SMILES string of the molecule is Cl.O=C(Cc1cccc2ccccc12)N1CCC(CNCCCCNCc2ccc3ccccc3c2)CC1. The van der Waals surface area contributed by atoms with E-state index in [4.69, 9.17) is 0 Å². The van der Waals surface area contributed by atoms with Crippen LogP contribution in [0, 0.1) is 5.92 Å². The van der Waals surface area contributed by atoms with Crippen molar-refractivity contribution in [3.63, 3.8) is 0 Å². The van der Waals surface area contributed by atoms with E-state index in [0.717, 1.165) is 57.7 Å². The van der Waals surface area contributed by atoms with E-state index < -0.39 is 0 Å². The molecule has 0 radical (unpaired) electrons. The maximum absolute atomic E-state index is 13.0. The van der Waals surface area contributed by atoms with E-state index in [1.54, 1.807) is 0 Å². The highest BCUT2D eigenvalue weighted by Crippen LogP contribution is 2.22. The third-order valence-electron chi connectivity index (χ3n) is 7.72. The molecule has 1 heterocycles. The van der Waals surface area contributed by atoms with Crippen molar-refractivity contribution in [1.29, 1.82) is 0 Å². The Kier molecular flexibility index (Phi) is 10.6. The maximum Gasteiger partial charge on any atom is 0.227 e. The van der Waals surface area contributed by atoms with Crippen LogP contribution in [0.1, 0.15) is 36.8 Å². The fraction of sp³-hybridized carbons (Fsp3) is 0.364. The van der Waals surface area contributed by atoms with Crippen LogP contribution in [-0.4, -0.2) is 43.5 Å². The van der Waals surface area contributed by atoms with Crippen LogP contribution in [0.4, 0.5) is 0 Å². The van der Waals surface area contributed by atoms with Crippen molar-refractivity contribution in [2.75, 3.05) is 32.7 Å². The maximum atomic E-state index is 13.0. The van der Waals surface area contributed by atoms with Crippen LogP contribution >= 0.6 is 12.4 Å². The molecule has 0 unspecified atom stereocenters. The molecule has 0 spiro atoms. The second-order valence-electron chi connectivity index (χ2n) is 10.4. The average Bonchev–Trinajstić information content (AvgIpc) is 2.95. The average molecular weight is 530 g/mol. The molecule has 0 atom stereocenters. The molecule has 5 heteroatoms. The number of carbonyl (C=O) groups excluding carboxylic acids is 1. The van der Waals surface area contributed by atoms with Crippen LogP contribution in [0.3, 0.4) is 0 Å². The van der Waals surface area contributed by atoms with Gasteiger partial charge in [0.25, 0.3) is 0 Å². The molecule has 0 aliphatic carbocycles.